The van der Waals surface area contributed by atoms with Gasteiger partial charge in [0, 0.05) is 17.0 Å². The molecule has 1 aromatic carbocycles. The molecule has 2 aromatic rings. The molecule has 0 saturated carbocycles. The van der Waals surface area contributed by atoms with Crippen molar-refractivity contribution in [2.75, 3.05) is 0 Å². The Morgan fingerprint density at radius 3 is 2.81 bits per heavy atom. The molecule has 0 aliphatic rings. The van der Waals surface area contributed by atoms with E-state index in [0.717, 1.165) is 11.5 Å². The fraction of sp³-hybridized carbons (Fsp3) is 0. The molecular formula is C12H7NO3. The van der Waals surface area contributed by atoms with Crippen LogP contribution in [-0.4, -0.2) is 22.0 Å². The van der Waals surface area contributed by atoms with Gasteiger partial charge >= 0.3 is 5.97 Å². The highest BCUT2D eigenvalue weighted by Crippen LogP contribution is 2.17. The van der Waals surface area contributed by atoms with Crippen molar-refractivity contribution in [3.05, 3.63) is 41.6 Å². The predicted octanol–water partition coefficient (Wildman–Crippen LogP) is 1.78. The van der Waals surface area contributed by atoms with Crippen LogP contribution in [0.25, 0.3) is 17.0 Å². The predicted molar refractivity (Wildman–Crippen MR) is 58.9 cm³/mol. The molecule has 0 spiro atoms. The molecule has 1 heterocycles. The number of para-hydroxylation sites is 1. The Labute approximate surface area is 90.9 Å². The van der Waals surface area contributed by atoms with E-state index >= 15 is 0 Å². The Balaban J connectivity index is 2.80. The summed E-state index contributed by atoms with van der Waals surface area (Å²) in [4.78, 5) is 25.2. The van der Waals surface area contributed by atoms with E-state index in [4.69, 9.17) is 5.11 Å². The minimum absolute atomic E-state index is 0.137. The lowest BCUT2D eigenvalue weighted by molar-refractivity contribution is 0.0690. The van der Waals surface area contributed by atoms with E-state index in [9.17, 15) is 9.59 Å². The van der Waals surface area contributed by atoms with Gasteiger partial charge < -0.3 is 5.11 Å². The summed E-state index contributed by atoms with van der Waals surface area (Å²) in [6, 6.07) is 8.72. The molecule has 0 amide bonds. The standard InChI is InChI=1S/C12H7NO3/c14-6-5-9-7-8-3-1-2-4-10(8)13-11(9)12(15)16/h1-5,7H,(H,15,16). The lowest BCUT2D eigenvalue weighted by atomic mass is 10.1. The van der Waals surface area contributed by atoms with Gasteiger partial charge in [0.05, 0.1) is 5.52 Å². The molecule has 4 heteroatoms. The third-order valence-electron chi connectivity index (χ3n) is 2.17. The van der Waals surface area contributed by atoms with Gasteiger partial charge in [0.2, 0.25) is 0 Å². The molecule has 0 saturated heterocycles. The molecule has 0 radical (unpaired) electrons. The van der Waals surface area contributed by atoms with Gasteiger partial charge in [0.1, 0.15) is 5.94 Å². The fourth-order valence-electron chi connectivity index (χ4n) is 1.48. The number of carbonyl (C=O) groups excluding carboxylic acids is 1. The van der Waals surface area contributed by atoms with Crippen molar-refractivity contribution in [2.24, 2.45) is 0 Å². The van der Waals surface area contributed by atoms with E-state index in [0.29, 0.717) is 5.52 Å². The number of fused-ring (bicyclic) bond motifs is 1. The van der Waals surface area contributed by atoms with Crippen LogP contribution >= 0.6 is 0 Å². The highest BCUT2D eigenvalue weighted by atomic mass is 16.4. The van der Waals surface area contributed by atoms with Crippen LogP contribution < -0.4 is 0 Å². The van der Waals surface area contributed by atoms with Crippen molar-refractivity contribution in [1.29, 1.82) is 0 Å². The van der Waals surface area contributed by atoms with Crippen molar-refractivity contribution in [3.8, 4) is 0 Å². The number of carboxylic acids is 1. The summed E-state index contributed by atoms with van der Waals surface area (Å²) in [5, 5.41) is 9.73. The maximum Gasteiger partial charge on any atom is 0.355 e. The smallest absolute Gasteiger partial charge is 0.355 e. The number of carbonyl (C=O) groups is 1. The Hall–Kier alpha value is -2.45. The van der Waals surface area contributed by atoms with E-state index in [2.05, 4.69) is 4.98 Å². The van der Waals surface area contributed by atoms with Crippen LogP contribution in [0.1, 0.15) is 16.1 Å². The number of rotatable bonds is 2. The molecule has 1 aromatic heterocycles. The number of hydrogen-bond acceptors (Lipinski definition) is 3. The van der Waals surface area contributed by atoms with Crippen molar-refractivity contribution in [3.63, 3.8) is 0 Å². The molecule has 2 rings (SSSR count). The molecule has 0 atom stereocenters. The molecule has 0 aliphatic heterocycles. The molecule has 78 valence electrons. The van der Waals surface area contributed by atoms with Crippen molar-refractivity contribution >= 4 is 28.9 Å². The molecule has 1 N–H and O–H groups in total. The van der Waals surface area contributed by atoms with E-state index in [1.807, 2.05) is 6.07 Å². The monoisotopic (exact) mass is 213 g/mol. The van der Waals surface area contributed by atoms with Crippen LogP contribution in [0.15, 0.2) is 30.3 Å². The molecule has 0 unspecified atom stereocenters. The summed E-state index contributed by atoms with van der Waals surface area (Å²) in [5.74, 6) is 0.406. The van der Waals surface area contributed by atoms with E-state index in [1.54, 1.807) is 30.2 Å². The number of hydrogen-bond donors (Lipinski definition) is 1. The van der Waals surface area contributed by atoms with Gasteiger partial charge in [0.25, 0.3) is 0 Å². The Bertz CT molecular complexity index is 572. The largest absolute Gasteiger partial charge is 0.476 e. The number of pyridine rings is 1. The minimum Gasteiger partial charge on any atom is -0.476 e. The summed E-state index contributed by atoms with van der Waals surface area (Å²) in [6.07, 6.45) is 1.07. The van der Waals surface area contributed by atoms with Crippen LogP contribution in [0.5, 0.6) is 0 Å². The lowest BCUT2D eigenvalue weighted by Gasteiger charge is -2.02. The van der Waals surface area contributed by atoms with Crippen LogP contribution in [0, 0.1) is 0 Å². The van der Waals surface area contributed by atoms with E-state index < -0.39 is 5.97 Å². The molecule has 4 nitrogen and oxygen atoms in total. The average molecular weight is 213 g/mol. The van der Waals surface area contributed by atoms with Gasteiger partial charge in [-0.25, -0.2) is 14.6 Å². The normalized spacial score (nSPS) is 9.75. The van der Waals surface area contributed by atoms with E-state index in [1.165, 1.54) is 0 Å². The highest BCUT2D eigenvalue weighted by molar-refractivity contribution is 5.96. The SMILES string of the molecule is O=C=Cc1cc2ccccc2nc1C(=O)O. The Morgan fingerprint density at radius 1 is 1.38 bits per heavy atom. The number of aromatic carboxylic acids is 1. The van der Waals surface area contributed by atoms with Gasteiger partial charge in [-0.2, -0.15) is 0 Å². The van der Waals surface area contributed by atoms with Gasteiger partial charge in [-0.15, -0.1) is 0 Å². The number of benzene rings is 1. The van der Waals surface area contributed by atoms with Gasteiger partial charge in [-0.05, 0) is 12.1 Å². The molecule has 0 aliphatic carbocycles. The second-order valence-electron chi connectivity index (χ2n) is 3.19. The third kappa shape index (κ3) is 1.69. The van der Waals surface area contributed by atoms with Crippen molar-refractivity contribution in [1.82, 2.24) is 4.98 Å². The topological polar surface area (TPSA) is 67.3 Å². The van der Waals surface area contributed by atoms with Gasteiger partial charge in [-0.3, -0.25) is 0 Å². The van der Waals surface area contributed by atoms with Crippen LogP contribution in [-0.2, 0) is 4.79 Å². The summed E-state index contributed by atoms with van der Waals surface area (Å²) in [7, 11) is 0. The van der Waals surface area contributed by atoms with Gasteiger partial charge in [0.15, 0.2) is 5.69 Å². The quantitative estimate of drug-likeness (QED) is 0.772. The van der Waals surface area contributed by atoms with Crippen molar-refractivity contribution < 1.29 is 14.7 Å². The maximum absolute atomic E-state index is 10.9. The first-order valence-corrected chi connectivity index (χ1v) is 4.56. The maximum atomic E-state index is 10.9. The fourth-order valence-corrected chi connectivity index (χ4v) is 1.48. The molecular weight excluding hydrogens is 206 g/mol. The first-order chi connectivity index (χ1) is 7.72. The van der Waals surface area contributed by atoms with E-state index in [-0.39, 0.29) is 11.3 Å². The summed E-state index contributed by atoms with van der Waals surface area (Å²) < 4.78 is 0. The summed E-state index contributed by atoms with van der Waals surface area (Å²) in [6.45, 7) is 0. The number of aromatic nitrogens is 1. The Kier molecular flexibility index (Phi) is 2.50. The zero-order valence-corrected chi connectivity index (χ0v) is 8.18. The van der Waals surface area contributed by atoms with Gasteiger partial charge in [-0.1, -0.05) is 18.2 Å². The zero-order valence-electron chi connectivity index (χ0n) is 8.18. The number of nitrogens with zero attached hydrogens (tertiary/aromatic N) is 1. The minimum atomic E-state index is -1.16. The van der Waals surface area contributed by atoms with Crippen molar-refractivity contribution in [2.45, 2.75) is 0 Å². The second-order valence-corrected chi connectivity index (χ2v) is 3.19. The molecule has 0 bridgehead atoms. The average Bonchev–Trinajstić information content (AvgIpc) is 2.28. The lowest BCUT2D eigenvalue weighted by Crippen LogP contribution is -2.03. The number of carboxylic acid groups (broad SMARTS) is 1. The Morgan fingerprint density at radius 2 is 2.12 bits per heavy atom. The first-order valence-electron chi connectivity index (χ1n) is 4.56. The zero-order chi connectivity index (χ0) is 11.5. The van der Waals surface area contributed by atoms with Crippen LogP contribution in [0.4, 0.5) is 0 Å². The summed E-state index contributed by atoms with van der Waals surface area (Å²) >= 11 is 0. The first kappa shape index (κ1) is 10.1. The molecule has 0 fully saturated rings. The summed E-state index contributed by atoms with van der Waals surface area (Å²) in [5.41, 5.74) is 0.714. The molecule has 16 heavy (non-hydrogen) atoms. The van der Waals surface area contributed by atoms with Crippen LogP contribution in [0.3, 0.4) is 0 Å². The third-order valence-corrected chi connectivity index (χ3v) is 2.17. The highest BCUT2D eigenvalue weighted by Gasteiger charge is 2.11. The second kappa shape index (κ2) is 3.96. The van der Waals surface area contributed by atoms with Crippen LogP contribution in [0.2, 0.25) is 0 Å².